The molecule has 12 aromatic heterocycles. The molecule has 146 heavy (non-hydrogen) atoms. The van der Waals surface area contributed by atoms with Crippen molar-refractivity contribution in [2.24, 2.45) is 22.2 Å². The molecule has 14 N–H and O–H groups in total. The van der Waals surface area contributed by atoms with E-state index in [1.54, 1.807) is 32.6 Å². The van der Waals surface area contributed by atoms with Crippen LogP contribution in [0.5, 0.6) is 0 Å². The maximum Gasteiger partial charge on any atom is 0.471 e. The van der Waals surface area contributed by atoms with Crippen molar-refractivity contribution in [2.45, 2.75) is 200 Å². The largest absolute Gasteiger partial charge is 0.790 e. The van der Waals surface area contributed by atoms with E-state index in [2.05, 4.69) is 116 Å². The van der Waals surface area contributed by atoms with Crippen LogP contribution in [0, 0.1) is 35.3 Å². The average Bonchev–Trinajstić information content (AvgIpc) is 1.64. The van der Waals surface area contributed by atoms with Gasteiger partial charge in [0.05, 0.1) is 108 Å². The van der Waals surface area contributed by atoms with E-state index in [4.69, 9.17) is 56.3 Å². The molecular formula is C87H113F6N26O21P3S3-2. The quantitative estimate of drug-likeness (QED) is 0.00328. The molecule has 0 spiro atoms. The molecule has 0 bridgehead atoms. The number of aliphatic imine (C=N–C) groups is 1. The highest BCUT2D eigenvalue weighted by Crippen LogP contribution is 2.44. The number of thiazole rings is 3. The van der Waals surface area contributed by atoms with Gasteiger partial charge in [-0.05, 0) is 168 Å². The first kappa shape index (κ1) is 116. The zero-order valence-electron chi connectivity index (χ0n) is 79.6. The summed E-state index contributed by atoms with van der Waals surface area (Å²) in [6.45, 7) is 13.4. The Morgan fingerprint density at radius 1 is 0.500 bits per heavy atom. The number of carboxylic acid groups (broad SMARTS) is 1. The van der Waals surface area contributed by atoms with Gasteiger partial charge >= 0.3 is 13.8 Å². The summed E-state index contributed by atoms with van der Waals surface area (Å²) >= 11 is 3.39. The Hall–Kier alpha value is -11.6. The van der Waals surface area contributed by atoms with Crippen LogP contribution in [-0.2, 0) is 46.3 Å². The van der Waals surface area contributed by atoms with Gasteiger partial charge in [0.15, 0.2) is 42.1 Å². The first-order chi connectivity index (χ1) is 68.6. The summed E-state index contributed by atoms with van der Waals surface area (Å²) in [5, 5.41) is 56.2. The van der Waals surface area contributed by atoms with Gasteiger partial charge in [-0.15, -0.1) is 34.0 Å². The average molecular weight is 2160 g/mol. The third-order valence-corrected chi connectivity index (χ3v) is 26.5. The fraction of sp³-hybridized carbons (Fsp3) is 0.460. The molecular weight excluding hydrogens is 2050 g/mol. The van der Waals surface area contributed by atoms with Gasteiger partial charge in [0.2, 0.25) is 17.8 Å². The van der Waals surface area contributed by atoms with Gasteiger partial charge in [-0.1, -0.05) is 7.43 Å². The third kappa shape index (κ3) is 34.2. The molecule has 3 fully saturated rings. The van der Waals surface area contributed by atoms with Gasteiger partial charge in [0.1, 0.15) is 78.9 Å². The molecule has 0 saturated heterocycles. The number of nitrogens with two attached hydrogens (primary N) is 3. The molecule has 0 aliphatic heterocycles. The lowest BCUT2D eigenvalue weighted by atomic mass is 9.93. The standard InChI is InChI=1S/3C25H28F2N7O6PS.C6H14N4O2.C5H14NO.CH4/c3*1-3-39-17-6-4-16(5-7-17)34-12-19(23(32-34)22-18(26)8-9-21(27)31-22)29-24(35)20-13-42-25(30-20)15-10-28-33(11-15)14(2)40-41(36,37)38;7-4(5(11)12)2-1-3-10-6(8)9;1-6(2,3)4-5-7;/h3*8-14,16-17H,3-7H2,1-2H3,(H,29,35)(H2,36,37,38);4H,1-3,7H2,(H,11,12)(H4,8,9,10);7H,4-5H2,1-3H3;1H4/q;;;;+1;/p-3. The molecule has 59 heteroatoms. The number of guanidine groups is 1. The van der Waals surface area contributed by atoms with Crippen LogP contribution in [0.25, 0.3) is 65.9 Å². The number of carbonyl (C=O) groups excluding carboxylic acids is 3. The van der Waals surface area contributed by atoms with E-state index in [9.17, 15) is 73.9 Å². The van der Waals surface area contributed by atoms with Gasteiger partial charge in [0, 0.05) is 96.4 Å². The number of aromatic nitrogens is 18. The number of carbonyl (C=O) groups is 4. The molecule has 12 aromatic rings. The van der Waals surface area contributed by atoms with E-state index < -0.39 is 107 Å². The molecule has 3 amide bonds. The number of rotatable bonds is 37. The fourth-order valence-corrected chi connectivity index (χ4v) is 18.9. The number of pyridine rings is 3. The number of halogens is 6. The van der Waals surface area contributed by atoms with Crippen molar-refractivity contribution >= 4 is 104 Å². The van der Waals surface area contributed by atoms with Crippen molar-refractivity contribution in [1.29, 1.82) is 0 Å². The zero-order chi connectivity index (χ0) is 106. The van der Waals surface area contributed by atoms with Gasteiger partial charge < -0.3 is 101 Å². The van der Waals surface area contributed by atoms with Gasteiger partial charge in [-0.2, -0.15) is 43.8 Å². The summed E-state index contributed by atoms with van der Waals surface area (Å²) in [6.07, 6.45) is 20.9. The third-order valence-electron chi connectivity index (χ3n) is 22.1. The summed E-state index contributed by atoms with van der Waals surface area (Å²) in [5.41, 5.74) is 16.2. The molecule has 3 aliphatic rings. The lowest BCUT2D eigenvalue weighted by Gasteiger charge is -2.31. The summed E-state index contributed by atoms with van der Waals surface area (Å²) in [6, 6.07) is 4.64. The Balaban J connectivity index is 0.000000205. The van der Waals surface area contributed by atoms with Crippen LogP contribution < -0.4 is 47.8 Å². The first-order valence-electron chi connectivity index (χ1n) is 45.3. The molecule has 0 radical (unpaired) electrons. The highest BCUT2D eigenvalue weighted by Gasteiger charge is 2.34. The number of carboxylic acids is 1. The van der Waals surface area contributed by atoms with E-state index in [1.165, 1.54) is 83.5 Å². The second-order valence-electron chi connectivity index (χ2n) is 33.9. The molecule has 3 saturated carbocycles. The van der Waals surface area contributed by atoms with E-state index in [0.717, 1.165) is 163 Å². The number of aliphatic hydroxyl groups excluding tert-OH is 1. The minimum Gasteiger partial charge on any atom is -0.790 e. The number of hydrogen-bond acceptors (Lipinski definition) is 34. The van der Waals surface area contributed by atoms with Gasteiger partial charge in [-0.25, -0.2) is 61.7 Å². The predicted molar refractivity (Wildman–Crippen MR) is 518 cm³/mol. The topological polar surface area (TPSA) is 656 Å². The van der Waals surface area contributed by atoms with Crippen LogP contribution in [0.15, 0.2) is 113 Å². The maximum absolute atomic E-state index is 14.7. The van der Waals surface area contributed by atoms with Crippen LogP contribution in [0.1, 0.15) is 207 Å². The number of nitrogens with one attached hydrogen (secondary N) is 3. The number of aliphatic hydroxyl groups is 1. The van der Waals surface area contributed by atoms with Crippen molar-refractivity contribution in [3.8, 4) is 65.9 Å². The van der Waals surface area contributed by atoms with Gasteiger partial charge in [0.25, 0.3) is 25.5 Å². The van der Waals surface area contributed by atoms with E-state index in [-0.39, 0.29) is 125 Å². The number of ether oxygens (including phenoxy) is 3. The van der Waals surface area contributed by atoms with E-state index >= 15 is 0 Å². The highest BCUT2D eigenvalue weighted by molar-refractivity contribution is 7.46. The summed E-state index contributed by atoms with van der Waals surface area (Å²) < 4.78 is 159. The number of anilines is 3. The van der Waals surface area contributed by atoms with Gasteiger partial charge in [-0.3, -0.25) is 51.8 Å². The Kier molecular flexibility index (Phi) is 42.1. The molecule has 15 rings (SSSR count). The number of quaternary nitrogens is 1. The lowest BCUT2D eigenvalue weighted by molar-refractivity contribution is -0.870. The SMILES string of the molecule is C.CCOC1CCC(n2cc(NC(=O)c3csc(-c4cnn(C(C)OP(=O)(O)O)c4)n3)c(-c3nc(F)ccc3F)n2)CC1.CCOC1CCC(n2cc(NC(=O)c3csc(-c4cnn(C(C)OP(=O)([O-])O)c4)n3)c(-c3nc(F)ccc3F)n2)CC1.CCOC1CCC(n2cc(NC(=O)c3csc(-c4cnn(C(C)OP(=O)([O-])[O-])c4)n3)c(-c3nc(F)ccc3F)n2)CC1.C[N+](C)(C)CCO.NC(N)=NCCCC(N)C(=O)O. The molecule has 5 atom stereocenters. The van der Waals surface area contributed by atoms with Crippen LogP contribution in [0.3, 0.4) is 0 Å². The second-order valence-corrected chi connectivity index (χ2v) is 39.9. The molecule has 794 valence electrons. The molecule has 5 unspecified atom stereocenters. The Labute approximate surface area is 844 Å². The van der Waals surface area contributed by atoms with E-state index in [1.807, 2.05) is 20.8 Å². The Morgan fingerprint density at radius 2 is 0.815 bits per heavy atom. The number of aliphatic carboxylic acids is 1. The molecule has 12 heterocycles. The lowest BCUT2D eigenvalue weighted by Crippen LogP contribution is -2.36. The number of hydrogen-bond donors (Lipinski definition) is 11. The molecule has 3 aliphatic carbocycles. The van der Waals surface area contributed by atoms with Crippen LogP contribution in [-0.4, -0.2) is 233 Å². The number of nitrogens with zero attached hydrogens (tertiary/aromatic N) is 20. The van der Waals surface area contributed by atoms with Crippen LogP contribution >= 0.6 is 57.5 Å². The highest BCUT2D eigenvalue weighted by atomic mass is 32.1. The van der Waals surface area contributed by atoms with Crippen LogP contribution in [0.2, 0.25) is 0 Å². The van der Waals surface area contributed by atoms with E-state index in [0.29, 0.717) is 70.9 Å². The zero-order valence-corrected chi connectivity index (χ0v) is 84.7. The van der Waals surface area contributed by atoms with Crippen molar-refractivity contribution in [2.75, 3.05) is 76.6 Å². The second kappa shape index (κ2) is 52.8. The van der Waals surface area contributed by atoms with Crippen molar-refractivity contribution < 1.29 is 131 Å². The summed E-state index contributed by atoms with van der Waals surface area (Å²) in [5.74, 6) is -7.90. The van der Waals surface area contributed by atoms with Crippen molar-refractivity contribution in [3.05, 3.63) is 161 Å². The van der Waals surface area contributed by atoms with Crippen molar-refractivity contribution in [3.63, 3.8) is 0 Å². The number of phosphoric acid groups is 3. The monoisotopic (exact) mass is 2160 g/mol. The predicted octanol–water partition coefficient (Wildman–Crippen LogP) is 11.7. The Morgan fingerprint density at radius 3 is 1.08 bits per heavy atom. The smallest absolute Gasteiger partial charge is 0.471 e. The maximum atomic E-state index is 14.7. The summed E-state index contributed by atoms with van der Waals surface area (Å²) in [7, 11) is -8.77. The van der Waals surface area contributed by atoms with Crippen LogP contribution in [0.4, 0.5) is 43.4 Å². The minimum atomic E-state index is -5.23. The number of amides is 3. The van der Waals surface area contributed by atoms with Crippen molar-refractivity contribution in [1.82, 2.24) is 88.6 Å². The number of phosphoric ester groups is 3. The summed E-state index contributed by atoms with van der Waals surface area (Å²) in [4.78, 5) is 137. The minimum absolute atomic E-state index is 0. The fourth-order valence-electron chi connectivity index (χ4n) is 15.1. The normalized spacial score (nSPS) is 17.6. The first-order valence-corrected chi connectivity index (χ1v) is 52.4. The molecule has 47 nitrogen and oxygen atoms in total. The Bertz CT molecular complexity index is 5970. The molecule has 0 aromatic carbocycles. The number of likely N-dealkylation sites (N-methyl/N-ethyl adjacent to an activating group) is 1.